The molecule has 8 rings (SSSR count). The number of esters is 1. The summed E-state index contributed by atoms with van der Waals surface area (Å²) in [6.07, 6.45) is 16.6. The number of carbonyl (C=O) groups is 5. The third-order valence-corrected chi connectivity index (χ3v) is 17.9. The number of rotatable bonds is 5. The van der Waals surface area contributed by atoms with Crippen molar-refractivity contribution in [2.45, 2.75) is 150 Å². The van der Waals surface area contributed by atoms with Crippen LogP contribution in [0.4, 0.5) is 0 Å². The Kier molecular flexibility index (Phi) is 8.03. The van der Waals surface area contributed by atoms with E-state index in [1.54, 1.807) is 5.57 Å². The summed E-state index contributed by atoms with van der Waals surface area (Å²) in [6, 6.07) is 0. The van der Waals surface area contributed by atoms with Crippen LogP contribution in [0.5, 0.6) is 0 Å². The molecule has 0 aromatic rings. The van der Waals surface area contributed by atoms with Gasteiger partial charge in [-0.2, -0.15) is 0 Å². The Morgan fingerprint density at radius 1 is 0.860 bits per heavy atom. The highest BCUT2D eigenvalue weighted by Gasteiger charge is 2.66. The molecule has 6 heteroatoms. The molecule has 8 aliphatic rings. The molecule has 0 heterocycles. The first-order valence-corrected chi connectivity index (χ1v) is 20.3. The average Bonchev–Trinajstić information content (AvgIpc) is 3.55. The zero-order chi connectivity index (χ0) is 35.6. The monoisotopic (exact) mass is 684 g/mol. The van der Waals surface area contributed by atoms with Crippen molar-refractivity contribution in [1.82, 2.24) is 0 Å². The fourth-order valence-electron chi connectivity index (χ4n) is 14.5. The van der Waals surface area contributed by atoms with Gasteiger partial charge in [0.2, 0.25) is 0 Å². The summed E-state index contributed by atoms with van der Waals surface area (Å²) in [6.45, 7) is 13.5. The van der Waals surface area contributed by atoms with Crippen molar-refractivity contribution in [1.29, 1.82) is 0 Å². The van der Waals surface area contributed by atoms with Crippen LogP contribution >= 0.6 is 0 Å². The van der Waals surface area contributed by atoms with Gasteiger partial charge in [-0.05, 0) is 124 Å². The lowest BCUT2D eigenvalue weighted by molar-refractivity contribution is -0.173. The van der Waals surface area contributed by atoms with Crippen LogP contribution in [0, 0.1) is 69.0 Å². The van der Waals surface area contributed by atoms with Crippen LogP contribution in [0.15, 0.2) is 23.3 Å². The Hall–Kier alpha value is -2.37. The minimum absolute atomic E-state index is 0.00143. The van der Waals surface area contributed by atoms with E-state index in [1.807, 2.05) is 6.08 Å². The molecule has 0 radical (unpaired) electrons. The number of allylic oxidation sites excluding steroid dienone is 4. The molecule has 6 saturated carbocycles. The van der Waals surface area contributed by atoms with Gasteiger partial charge >= 0.3 is 5.97 Å². The van der Waals surface area contributed by atoms with E-state index in [-0.39, 0.29) is 69.3 Å². The van der Waals surface area contributed by atoms with Crippen molar-refractivity contribution in [3.63, 3.8) is 0 Å². The predicted molar refractivity (Wildman–Crippen MR) is 191 cm³/mol. The van der Waals surface area contributed by atoms with E-state index in [9.17, 15) is 24.0 Å². The number of hydrogen-bond acceptors (Lipinski definition) is 6. The normalized spacial score (nSPS) is 48.6. The maximum atomic E-state index is 14.3. The van der Waals surface area contributed by atoms with E-state index in [0.717, 1.165) is 57.8 Å². The molecular weight excluding hydrogens is 624 g/mol. The van der Waals surface area contributed by atoms with Crippen LogP contribution < -0.4 is 0 Å². The summed E-state index contributed by atoms with van der Waals surface area (Å²) in [4.78, 5) is 66.4. The molecule has 50 heavy (non-hydrogen) atoms. The first-order chi connectivity index (χ1) is 23.5. The van der Waals surface area contributed by atoms with Crippen molar-refractivity contribution in [2.75, 3.05) is 0 Å². The fraction of sp³-hybridized carbons (Fsp3) is 0.795. The second-order valence-electron chi connectivity index (χ2n) is 19.7. The summed E-state index contributed by atoms with van der Waals surface area (Å²) >= 11 is 0. The van der Waals surface area contributed by atoms with Crippen molar-refractivity contribution < 1.29 is 28.7 Å². The largest absolute Gasteiger partial charge is 0.459 e. The maximum Gasteiger partial charge on any atom is 0.306 e. The van der Waals surface area contributed by atoms with E-state index >= 15 is 0 Å². The standard InChI is InChI=1S/C44H60O6/c1-25(31-10-11-34-39-35(24-37(48)44(31,34)6)41(3)18-14-29(46)22-27(41)23-36(39)47)7-12-38(49)50-43(5)20-16-33-30-9-8-26-21-28(45)13-17-40(26,2)32(30)15-19-42(33,43)4/h15,21,25,27,30-31,33-35,39H,7-14,16-20,22-24H2,1-6H3/t25?,27-,30-,31?,33+,34-,35-,39-,40+,41-,42+,43+,44+/m0/s1. The molecule has 8 aliphatic carbocycles. The minimum atomic E-state index is -0.532. The van der Waals surface area contributed by atoms with E-state index in [1.165, 1.54) is 5.57 Å². The molecule has 6 nitrogen and oxygen atoms in total. The SMILES string of the molecule is CC(CCC(=O)O[C@]1(C)CC[C@@H]2[C@H]3CCC4=CC(=O)CC[C@@]4(C)C3=CC[C@]21C)C1CC[C@H]2[C@@H]3C(=O)C[C@@H]4CC(=O)CC[C@]4(C)[C@H]3CC(=O)[C@]12C. The molecule has 2 unspecified atom stereocenters. The van der Waals surface area contributed by atoms with Gasteiger partial charge < -0.3 is 4.74 Å². The summed E-state index contributed by atoms with van der Waals surface area (Å²) in [5.41, 5.74) is 1.60. The second kappa shape index (κ2) is 11.6. The highest BCUT2D eigenvalue weighted by Crippen LogP contribution is 2.68. The molecular formula is C44H60O6. The highest BCUT2D eigenvalue weighted by atomic mass is 16.6. The predicted octanol–water partition coefficient (Wildman–Crippen LogP) is 8.74. The molecule has 0 amide bonds. The lowest BCUT2D eigenvalue weighted by atomic mass is 9.44. The van der Waals surface area contributed by atoms with Crippen LogP contribution in [0.2, 0.25) is 0 Å². The number of fused-ring (bicyclic) bond motifs is 10. The number of hydrogen-bond donors (Lipinski definition) is 0. The zero-order valence-corrected chi connectivity index (χ0v) is 31.5. The summed E-state index contributed by atoms with van der Waals surface area (Å²) < 4.78 is 6.56. The molecule has 13 atom stereocenters. The third kappa shape index (κ3) is 4.73. The van der Waals surface area contributed by atoms with Crippen LogP contribution in [-0.4, -0.2) is 34.7 Å². The molecule has 0 spiro atoms. The smallest absolute Gasteiger partial charge is 0.306 e. The fourth-order valence-corrected chi connectivity index (χ4v) is 14.5. The topological polar surface area (TPSA) is 94.6 Å². The van der Waals surface area contributed by atoms with Gasteiger partial charge in [-0.15, -0.1) is 0 Å². The van der Waals surface area contributed by atoms with E-state index in [4.69, 9.17) is 4.74 Å². The molecule has 0 aliphatic heterocycles. The Bertz CT molecular complexity index is 1600. The van der Waals surface area contributed by atoms with Gasteiger partial charge in [-0.1, -0.05) is 51.8 Å². The van der Waals surface area contributed by atoms with E-state index < -0.39 is 11.0 Å². The molecule has 272 valence electrons. The van der Waals surface area contributed by atoms with Crippen LogP contribution in [0.25, 0.3) is 0 Å². The van der Waals surface area contributed by atoms with Gasteiger partial charge in [0.1, 0.15) is 23.0 Å². The van der Waals surface area contributed by atoms with Crippen molar-refractivity contribution in [3.05, 3.63) is 23.3 Å². The van der Waals surface area contributed by atoms with Crippen molar-refractivity contribution in [3.8, 4) is 0 Å². The second-order valence-corrected chi connectivity index (χ2v) is 19.7. The summed E-state index contributed by atoms with van der Waals surface area (Å²) in [5, 5.41) is 0. The quantitative estimate of drug-likeness (QED) is 0.212. The van der Waals surface area contributed by atoms with Crippen LogP contribution in [0.1, 0.15) is 144 Å². The number of ketones is 4. The molecule has 0 N–H and O–H groups in total. The van der Waals surface area contributed by atoms with Gasteiger partial charge in [0, 0.05) is 60.7 Å². The summed E-state index contributed by atoms with van der Waals surface area (Å²) in [5.74, 6) is 2.46. The van der Waals surface area contributed by atoms with Gasteiger partial charge in [-0.25, -0.2) is 0 Å². The molecule has 0 saturated heterocycles. The zero-order valence-electron chi connectivity index (χ0n) is 31.5. The number of ether oxygens (including phenoxy) is 1. The lowest BCUT2D eigenvalue weighted by Crippen LogP contribution is -2.60. The van der Waals surface area contributed by atoms with E-state index in [0.29, 0.717) is 68.3 Å². The first-order valence-electron chi connectivity index (χ1n) is 20.3. The third-order valence-electron chi connectivity index (χ3n) is 17.9. The molecule has 0 bridgehead atoms. The van der Waals surface area contributed by atoms with Crippen molar-refractivity contribution >= 4 is 29.1 Å². The Balaban J connectivity index is 0.933. The highest BCUT2D eigenvalue weighted by molar-refractivity contribution is 5.93. The van der Waals surface area contributed by atoms with Gasteiger partial charge in [0.25, 0.3) is 0 Å². The van der Waals surface area contributed by atoms with Crippen LogP contribution in [-0.2, 0) is 28.7 Å². The number of Topliss-reactive ketones (excluding diaryl/α,β-unsaturated/α-hetero) is 3. The Labute approximate surface area is 299 Å². The minimum Gasteiger partial charge on any atom is -0.459 e. The average molecular weight is 685 g/mol. The van der Waals surface area contributed by atoms with Gasteiger partial charge in [0.15, 0.2) is 5.78 Å². The van der Waals surface area contributed by atoms with Gasteiger partial charge in [-0.3, -0.25) is 24.0 Å². The molecule has 0 aromatic heterocycles. The maximum absolute atomic E-state index is 14.3. The number of carbonyl (C=O) groups excluding carboxylic acids is 5. The van der Waals surface area contributed by atoms with Crippen LogP contribution in [0.3, 0.4) is 0 Å². The van der Waals surface area contributed by atoms with Gasteiger partial charge in [0.05, 0.1) is 0 Å². The molecule has 6 fully saturated rings. The summed E-state index contributed by atoms with van der Waals surface area (Å²) in [7, 11) is 0. The first kappa shape index (κ1) is 34.7. The Morgan fingerprint density at radius 2 is 1.64 bits per heavy atom. The lowest BCUT2D eigenvalue weighted by Gasteiger charge is -2.58. The van der Waals surface area contributed by atoms with E-state index in [2.05, 4.69) is 47.6 Å². The Morgan fingerprint density at radius 3 is 2.42 bits per heavy atom. The molecule has 0 aromatic carbocycles. The van der Waals surface area contributed by atoms with Crippen molar-refractivity contribution in [2.24, 2.45) is 69.0 Å².